The maximum absolute atomic E-state index is 13.4. The predicted molar refractivity (Wildman–Crippen MR) is 134 cm³/mol. The Bertz CT molecular complexity index is 1160. The van der Waals surface area contributed by atoms with Crippen molar-refractivity contribution in [3.8, 4) is 0 Å². The van der Waals surface area contributed by atoms with Gasteiger partial charge in [-0.1, -0.05) is 12.1 Å². The van der Waals surface area contributed by atoms with E-state index < -0.39 is 35.6 Å². The van der Waals surface area contributed by atoms with Gasteiger partial charge in [0.05, 0.1) is 23.8 Å². The van der Waals surface area contributed by atoms with Crippen molar-refractivity contribution in [3.63, 3.8) is 0 Å². The standard InChI is InChI=1S/C26H30F3N3O4S/c1-2-36-24(34)20-18-8-3-4-9-19(18)37-23(20)32-25(35)31-21(15-10-12-30-13-11-15)22(33)16-6-5-7-17(14-16)26(27,28)29/h5-7,14-15,21,30H,2-4,8-13H2,1H3,(H2,31,32,35). The quantitative estimate of drug-likeness (QED) is 0.334. The smallest absolute Gasteiger partial charge is 0.416 e. The van der Waals surface area contributed by atoms with Gasteiger partial charge in [-0.3, -0.25) is 10.1 Å². The fourth-order valence-corrected chi connectivity index (χ4v) is 6.23. The molecule has 200 valence electrons. The number of carbonyl (C=O) groups excluding carboxylic acids is 3. The van der Waals surface area contributed by atoms with E-state index in [0.717, 1.165) is 48.3 Å². The molecule has 2 aliphatic rings. The Kier molecular flexibility index (Phi) is 8.53. The zero-order valence-electron chi connectivity index (χ0n) is 20.5. The van der Waals surface area contributed by atoms with Crippen LogP contribution in [0.4, 0.5) is 23.0 Å². The number of thiophene rings is 1. The fraction of sp³-hybridized carbons (Fsp3) is 0.500. The van der Waals surface area contributed by atoms with E-state index in [1.54, 1.807) is 6.92 Å². The number of nitrogens with one attached hydrogen (secondary N) is 3. The molecule has 1 aromatic carbocycles. The summed E-state index contributed by atoms with van der Waals surface area (Å²) in [5, 5.41) is 9.01. The maximum atomic E-state index is 13.4. The normalized spacial score (nSPS) is 17.0. The van der Waals surface area contributed by atoms with Crippen molar-refractivity contribution in [1.82, 2.24) is 10.6 Å². The lowest BCUT2D eigenvalue weighted by molar-refractivity contribution is -0.137. The lowest BCUT2D eigenvalue weighted by atomic mass is 9.85. The molecule has 0 saturated carbocycles. The van der Waals surface area contributed by atoms with Crippen LogP contribution in [0.3, 0.4) is 0 Å². The summed E-state index contributed by atoms with van der Waals surface area (Å²) < 4.78 is 45.0. The Morgan fingerprint density at radius 3 is 2.59 bits per heavy atom. The zero-order chi connectivity index (χ0) is 26.6. The fourth-order valence-electron chi connectivity index (χ4n) is 4.96. The summed E-state index contributed by atoms with van der Waals surface area (Å²) in [4.78, 5) is 40.3. The number of carbonyl (C=O) groups is 3. The molecule has 1 unspecified atom stereocenters. The van der Waals surface area contributed by atoms with Crippen LogP contribution in [0.1, 0.15) is 69.3 Å². The number of rotatable bonds is 7. The van der Waals surface area contributed by atoms with Crippen molar-refractivity contribution in [2.75, 3.05) is 25.0 Å². The lowest BCUT2D eigenvalue weighted by Crippen LogP contribution is -2.50. The summed E-state index contributed by atoms with van der Waals surface area (Å²) in [5.41, 5.74) is 0.201. The number of benzene rings is 1. The van der Waals surface area contributed by atoms with Crippen molar-refractivity contribution < 1.29 is 32.3 Å². The monoisotopic (exact) mass is 537 g/mol. The van der Waals surface area contributed by atoms with Crippen LogP contribution in [0.15, 0.2) is 24.3 Å². The Labute approximate surface area is 217 Å². The van der Waals surface area contributed by atoms with Gasteiger partial charge in [-0.15, -0.1) is 11.3 Å². The van der Waals surface area contributed by atoms with Gasteiger partial charge < -0.3 is 15.4 Å². The van der Waals surface area contributed by atoms with Crippen LogP contribution in [0.5, 0.6) is 0 Å². The third-order valence-corrected chi connectivity index (χ3v) is 7.98. The summed E-state index contributed by atoms with van der Waals surface area (Å²) in [6.07, 6.45) is 0.0212. The van der Waals surface area contributed by atoms with Crippen molar-refractivity contribution in [3.05, 3.63) is 51.4 Å². The number of anilines is 1. The van der Waals surface area contributed by atoms with Gasteiger partial charge in [0.2, 0.25) is 0 Å². The minimum absolute atomic E-state index is 0.113. The number of aryl methyl sites for hydroxylation is 1. The molecule has 0 radical (unpaired) electrons. The number of fused-ring (bicyclic) bond motifs is 1. The third-order valence-electron chi connectivity index (χ3n) is 6.78. The number of ketones is 1. The molecule has 2 heterocycles. The van der Waals surface area contributed by atoms with Gasteiger partial charge in [0, 0.05) is 10.4 Å². The minimum Gasteiger partial charge on any atom is -0.462 e. The van der Waals surface area contributed by atoms with Crippen molar-refractivity contribution in [2.45, 2.75) is 57.7 Å². The van der Waals surface area contributed by atoms with Gasteiger partial charge in [0.15, 0.2) is 5.78 Å². The molecule has 3 N–H and O–H groups in total. The summed E-state index contributed by atoms with van der Waals surface area (Å²) >= 11 is 1.32. The predicted octanol–water partition coefficient (Wildman–Crippen LogP) is 5.20. The average Bonchev–Trinajstić information content (AvgIpc) is 3.25. The minimum atomic E-state index is -4.59. The van der Waals surface area contributed by atoms with Gasteiger partial charge in [0.25, 0.3) is 0 Å². The summed E-state index contributed by atoms with van der Waals surface area (Å²) in [6.45, 7) is 3.16. The van der Waals surface area contributed by atoms with E-state index in [1.165, 1.54) is 23.5 Å². The van der Waals surface area contributed by atoms with Crippen molar-refractivity contribution in [2.24, 2.45) is 5.92 Å². The molecule has 1 atom stereocenters. The van der Waals surface area contributed by atoms with E-state index in [4.69, 9.17) is 4.74 Å². The van der Waals surface area contributed by atoms with Crippen LogP contribution in [0, 0.1) is 5.92 Å². The average molecular weight is 538 g/mol. The highest BCUT2D eigenvalue weighted by atomic mass is 32.1. The van der Waals surface area contributed by atoms with Crippen molar-refractivity contribution >= 4 is 34.1 Å². The second-order valence-corrected chi connectivity index (χ2v) is 10.3. The Morgan fingerprint density at radius 2 is 1.89 bits per heavy atom. The number of Topliss-reactive ketones (excluding diaryl/α,β-unsaturated/α-hetero) is 1. The van der Waals surface area contributed by atoms with Crippen LogP contribution in [0.2, 0.25) is 0 Å². The van der Waals surface area contributed by atoms with Crippen LogP contribution >= 0.6 is 11.3 Å². The Morgan fingerprint density at radius 1 is 1.16 bits per heavy atom. The first kappa shape index (κ1) is 27.1. The number of esters is 1. The lowest BCUT2D eigenvalue weighted by Gasteiger charge is -2.30. The van der Waals surface area contributed by atoms with E-state index in [2.05, 4.69) is 16.0 Å². The van der Waals surface area contributed by atoms with Gasteiger partial charge in [-0.05, 0) is 82.2 Å². The number of amides is 2. The van der Waals surface area contributed by atoms with Crippen molar-refractivity contribution in [1.29, 1.82) is 0 Å². The topological polar surface area (TPSA) is 96.5 Å². The molecule has 37 heavy (non-hydrogen) atoms. The molecule has 7 nitrogen and oxygen atoms in total. The van der Waals surface area contributed by atoms with Gasteiger partial charge in [0.1, 0.15) is 5.00 Å². The first-order valence-corrected chi connectivity index (χ1v) is 13.3. The molecule has 1 aliphatic carbocycles. The van der Waals surface area contributed by atoms with Crippen LogP contribution in [-0.4, -0.2) is 43.5 Å². The first-order chi connectivity index (χ1) is 17.7. The van der Waals surface area contributed by atoms with Gasteiger partial charge in [-0.2, -0.15) is 13.2 Å². The molecule has 1 fully saturated rings. The van der Waals surface area contributed by atoms with E-state index in [9.17, 15) is 27.6 Å². The van der Waals surface area contributed by atoms with Crippen LogP contribution in [0.25, 0.3) is 0 Å². The first-order valence-electron chi connectivity index (χ1n) is 12.5. The Hall–Kier alpha value is -2.92. The number of ether oxygens (including phenoxy) is 1. The van der Waals surface area contributed by atoms with Crippen LogP contribution in [-0.2, 0) is 23.8 Å². The van der Waals surface area contributed by atoms with Gasteiger partial charge >= 0.3 is 18.2 Å². The molecule has 2 aromatic rings. The highest BCUT2D eigenvalue weighted by Gasteiger charge is 2.35. The highest BCUT2D eigenvalue weighted by molar-refractivity contribution is 7.17. The second-order valence-electron chi connectivity index (χ2n) is 9.24. The number of hydrogen-bond donors (Lipinski definition) is 3. The molecule has 2 amide bonds. The highest BCUT2D eigenvalue weighted by Crippen LogP contribution is 2.38. The van der Waals surface area contributed by atoms with E-state index in [0.29, 0.717) is 36.5 Å². The zero-order valence-corrected chi connectivity index (χ0v) is 21.3. The SMILES string of the molecule is CCOC(=O)c1c(NC(=O)NC(C(=O)c2cccc(C(F)(F)F)c2)C2CCNCC2)sc2c1CCCC2. The van der Waals surface area contributed by atoms with Gasteiger partial charge in [-0.25, -0.2) is 9.59 Å². The summed E-state index contributed by atoms with van der Waals surface area (Å²) in [6, 6.07) is 2.54. The molecule has 11 heteroatoms. The van der Waals surface area contributed by atoms with E-state index >= 15 is 0 Å². The summed E-state index contributed by atoms with van der Waals surface area (Å²) in [7, 11) is 0. The van der Waals surface area contributed by atoms with E-state index in [-0.39, 0.29) is 18.1 Å². The summed E-state index contributed by atoms with van der Waals surface area (Å²) in [5.74, 6) is -1.34. The largest absolute Gasteiger partial charge is 0.462 e. The van der Waals surface area contributed by atoms with E-state index in [1.807, 2.05) is 0 Å². The Balaban J connectivity index is 1.59. The number of alkyl halides is 3. The molecular weight excluding hydrogens is 507 g/mol. The number of piperidine rings is 1. The molecule has 0 spiro atoms. The number of urea groups is 1. The second kappa shape index (κ2) is 11.6. The molecule has 1 saturated heterocycles. The van der Waals surface area contributed by atoms with Crippen LogP contribution < -0.4 is 16.0 Å². The third kappa shape index (κ3) is 6.32. The maximum Gasteiger partial charge on any atom is 0.416 e. The molecule has 0 bridgehead atoms. The molecular formula is C26H30F3N3O4S. The molecule has 1 aliphatic heterocycles. The number of halogens is 3. The number of hydrogen-bond acceptors (Lipinski definition) is 6. The molecule has 1 aromatic heterocycles. The molecule has 4 rings (SSSR count).